The first-order chi connectivity index (χ1) is 16.1. The Morgan fingerprint density at radius 1 is 1.09 bits per heavy atom. The lowest BCUT2D eigenvalue weighted by atomic mass is 9.73. The summed E-state index contributed by atoms with van der Waals surface area (Å²) in [6.07, 6.45) is 5.26. The summed E-state index contributed by atoms with van der Waals surface area (Å²) in [7, 11) is 1.61. The summed E-state index contributed by atoms with van der Waals surface area (Å²) in [6.45, 7) is 3.16. The molecule has 1 aliphatic rings. The largest absolute Gasteiger partial charge is 0.495 e. The highest BCUT2D eigenvalue weighted by molar-refractivity contribution is 6.00. The molecule has 0 atom stereocenters. The van der Waals surface area contributed by atoms with Crippen LogP contribution in [0.5, 0.6) is 5.75 Å². The molecule has 4 aromatic rings. The summed E-state index contributed by atoms with van der Waals surface area (Å²) in [5, 5.41) is 3.17. The second-order valence-corrected chi connectivity index (χ2v) is 8.48. The Kier molecular flexibility index (Phi) is 5.60. The fourth-order valence-corrected chi connectivity index (χ4v) is 4.62. The van der Waals surface area contributed by atoms with Crippen LogP contribution in [-0.2, 0) is 14.9 Å². The molecule has 0 bridgehead atoms. The highest BCUT2D eigenvalue weighted by atomic mass is 16.5. The van der Waals surface area contributed by atoms with Crippen molar-refractivity contribution in [1.82, 2.24) is 9.38 Å². The second-order valence-electron chi connectivity index (χ2n) is 8.48. The first-order valence-corrected chi connectivity index (χ1v) is 11.2. The summed E-state index contributed by atoms with van der Waals surface area (Å²) in [4.78, 5) is 18.6. The molecule has 5 rings (SSSR count). The van der Waals surface area contributed by atoms with Crippen LogP contribution in [0, 0.1) is 6.92 Å². The molecular weight excluding hydrogens is 414 g/mol. The molecular formula is C27H27N3O3. The number of hydrogen-bond donors (Lipinski definition) is 1. The van der Waals surface area contributed by atoms with Crippen molar-refractivity contribution < 1.29 is 14.3 Å². The number of rotatable bonds is 5. The van der Waals surface area contributed by atoms with Crippen molar-refractivity contribution in [3.63, 3.8) is 0 Å². The summed E-state index contributed by atoms with van der Waals surface area (Å²) in [5.41, 5.74) is 4.78. The second kappa shape index (κ2) is 8.71. The fraction of sp³-hybridized carbons (Fsp3) is 0.259. The standard InChI is InChI=1S/C27H27N3O3/c1-19-7-6-14-30-18-23(28-25(19)30)20-10-11-24(32-2)22(17-20)29-26(31)27(12-15-33-16-13-27)21-8-4-3-5-9-21/h3-11,14,17-18H,12-13,15-16H2,1-2H3,(H,29,31). The van der Waals surface area contributed by atoms with E-state index in [0.29, 0.717) is 37.5 Å². The number of nitrogens with one attached hydrogen (secondary N) is 1. The Bertz CT molecular complexity index is 1290. The van der Waals surface area contributed by atoms with Gasteiger partial charge in [-0.25, -0.2) is 4.98 Å². The summed E-state index contributed by atoms with van der Waals surface area (Å²) < 4.78 is 13.2. The van der Waals surface area contributed by atoms with E-state index < -0.39 is 5.41 Å². The van der Waals surface area contributed by atoms with E-state index >= 15 is 0 Å². The molecule has 168 valence electrons. The van der Waals surface area contributed by atoms with Gasteiger partial charge in [0, 0.05) is 31.2 Å². The number of aromatic nitrogens is 2. The number of anilines is 1. The van der Waals surface area contributed by atoms with Crippen molar-refractivity contribution in [2.24, 2.45) is 0 Å². The molecule has 1 N–H and O–H groups in total. The van der Waals surface area contributed by atoms with E-state index in [9.17, 15) is 4.79 Å². The monoisotopic (exact) mass is 441 g/mol. The molecule has 2 aromatic carbocycles. The van der Waals surface area contributed by atoms with E-state index in [4.69, 9.17) is 14.5 Å². The van der Waals surface area contributed by atoms with Gasteiger partial charge in [0.25, 0.3) is 0 Å². The van der Waals surface area contributed by atoms with Crippen LogP contribution in [0.25, 0.3) is 16.9 Å². The lowest BCUT2D eigenvalue weighted by molar-refractivity contribution is -0.125. The quantitative estimate of drug-likeness (QED) is 0.473. The zero-order chi connectivity index (χ0) is 22.8. The minimum atomic E-state index is -0.638. The molecule has 2 aromatic heterocycles. The Hall–Kier alpha value is -3.64. The van der Waals surface area contributed by atoms with Gasteiger partial charge in [0.2, 0.25) is 5.91 Å². The predicted molar refractivity (Wildman–Crippen MR) is 129 cm³/mol. The fourth-order valence-electron chi connectivity index (χ4n) is 4.62. The van der Waals surface area contributed by atoms with Crippen LogP contribution >= 0.6 is 0 Å². The van der Waals surface area contributed by atoms with Crippen LogP contribution in [0.3, 0.4) is 0 Å². The van der Waals surface area contributed by atoms with Gasteiger partial charge in [-0.1, -0.05) is 36.4 Å². The number of carbonyl (C=O) groups excluding carboxylic acids is 1. The van der Waals surface area contributed by atoms with Crippen LogP contribution in [0.1, 0.15) is 24.0 Å². The number of benzene rings is 2. The lowest BCUT2D eigenvalue weighted by Crippen LogP contribution is -2.44. The molecule has 1 saturated heterocycles. The molecule has 6 heteroatoms. The number of methoxy groups -OCH3 is 1. The molecule has 1 aliphatic heterocycles. The minimum Gasteiger partial charge on any atom is -0.495 e. The molecule has 0 radical (unpaired) electrons. The van der Waals surface area contributed by atoms with Crippen molar-refractivity contribution in [3.8, 4) is 17.0 Å². The van der Waals surface area contributed by atoms with Crippen LogP contribution < -0.4 is 10.1 Å². The number of ether oxygens (including phenoxy) is 2. The maximum atomic E-state index is 13.7. The Balaban J connectivity index is 1.51. The molecule has 6 nitrogen and oxygen atoms in total. The Labute approximate surface area is 193 Å². The summed E-state index contributed by atoms with van der Waals surface area (Å²) in [5.74, 6) is 0.570. The molecule has 0 unspecified atom stereocenters. The average molecular weight is 442 g/mol. The van der Waals surface area contributed by atoms with Gasteiger partial charge in [-0.2, -0.15) is 0 Å². The number of nitrogens with zero attached hydrogens (tertiary/aromatic N) is 2. The minimum absolute atomic E-state index is 0.0432. The maximum Gasteiger partial charge on any atom is 0.235 e. The van der Waals surface area contributed by atoms with Gasteiger partial charge in [-0.3, -0.25) is 4.79 Å². The third kappa shape index (κ3) is 3.87. The summed E-state index contributed by atoms with van der Waals surface area (Å²) >= 11 is 0. The molecule has 0 aliphatic carbocycles. The number of aryl methyl sites for hydroxylation is 1. The highest BCUT2D eigenvalue weighted by Gasteiger charge is 2.42. The van der Waals surface area contributed by atoms with Gasteiger partial charge in [-0.15, -0.1) is 0 Å². The Morgan fingerprint density at radius 2 is 1.88 bits per heavy atom. The zero-order valence-electron chi connectivity index (χ0n) is 18.9. The SMILES string of the molecule is COc1ccc(-c2cn3cccc(C)c3n2)cc1NC(=O)C1(c2ccccc2)CCOCC1. The third-order valence-electron chi connectivity index (χ3n) is 6.53. The van der Waals surface area contributed by atoms with Gasteiger partial charge in [-0.05, 0) is 55.2 Å². The van der Waals surface area contributed by atoms with Gasteiger partial charge in [0.15, 0.2) is 0 Å². The molecule has 0 saturated carbocycles. The smallest absolute Gasteiger partial charge is 0.235 e. The van der Waals surface area contributed by atoms with Gasteiger partial charge in [0.05, 0.1) is 23.9 Å². The highest BCUT2D eigenvalue weighted by Crippen LogP contribution is 2.38. The van der Waals surface area contributed by atoms with E-state index in [0.717, 1.165) is 28.0 Å². The number of amides is 1. The number of carbonyl (C=O) groups is 1. The van der Waals surface area contributed by atoms with Crippen LogP contribution in [0.4, 0.5) is 5.69 Å². The van der Waals surface area contributed by atoms with E-state index in [2.05, 4.69) is 5.32 Å². The van der Waals surface area contributed by atoms with Gasteiger partial charge in [0.1, 0.15) is 11.4 Å². The molecule has 0 spiro atoms. The number of imidazole rings is 1. The van der Waals surface area contributed by atoms with E-state index in [1.165, 1.54) is 0 Å². The van der Waals surface area contributed by atoms with Gasteiger partial charge >= 0.3 is 0 Å². The zero-order valence-corrected chi connectivity index (χ0v) is 18.9. The number of fused-ring (bicyclic) bond motifs is 1. The van der Waals surface area contributed by atoms with Crippen LogP contribution in [0.15, 0.2) is 73.1 Å². The number of pyridine rings is 1. The molecule has 33 heavy (non-hydrogen) atoms. The predicted octanol–water partition coefficient (Wildman–Crippen LogP) is 5.01. The van der Waals surface area contributed by atoms with Crippen molar-refractivity contribution in [2.45, 2.75) is 25.2 Å². The van der Waals surface area contributed by atoms with Crippen molar-refractivity contribution in [2.75, 3.05) is 25.6 Å². The van der Waals surface area contributed by atoms with E-state index in [1.807, 2.05) is 84.4 Å². The molecule has 1 amide bonds. The number of hydrogen-bond acceptors (Lipinski definition) is 4. The van der Waals surface area contributed by atoms with Crippen molar-refractivity contribution in [3.05, 3.63) is 84.2 Å². The lowest BCUT2D eigenvalue weighted by Gasteiger charge is -2.36. The van der Waals surface area contributed by atoms with Crippen LogP contribution in [-0.4, -0.2) is 35.6 Å². The van der Waals surface area contributed by atoms with Gasteiger partial charge < -0.3 is 19.2 Å². The normalized spacial score (nSPS) is 15.3. The topological polar surface area (TPSA) is 64.9 Å². The van der Waals surface area contributed by atoms with E-state index in [-0.39, 0.29) is 5.91 Å². The molecule has 1 fully saturated rings. The first kappa shape index (κ1) is 21.2. The average Bonchev–Trinajstić information content (AvgIpc) is 3.31. The summed E-state index contributed by atoms with van der Waals surface area (Å²) in [6, 6.07) is 19.8. The molecule has 3 heterocycles. The maximum absolute atomic E-state index is 13.7. The first-order valence-electron chi connectivity index (χ1n) is 11.2. The Morgan fingerprint density at radius 3 is 2.61 bits per heavy atom. The van der Waals surface area contributed by atoms with Crippen LogP contribution in [0.2, 0.25) is 0 Å². The van der Waals surface area contributed by atoms with Crippen molar-refractivity contribution in [1.29, 1.82) is 0 Å². The third-order valence-corrected chi connectivity index (χ3v) is 6.53. The van der Waals surface area contributed by atoms with E-state index in [1.54, 1.807) is 7.11 Å². The van der Waals surface area contributed by atoms with Crippen molar-refractivity contribution >= 4 is 17.2 Å².